The van der Waals surface area contributed by atoms with Gasteiger partial charge in [-0.1, -0.05) is 61.9 Å². The summed E-state index contributed by atoms with van der Waals surface area (Å²) >= 11 is 0. The Balaban J connectivity index is 0.974. The molecular weight excluding hydrogens is 680 g/mol. The van der Waals surface area contributed by atoms with E-state index in [4.69, 9.17) is 37.9 Å². The standard InChI is InChI=1S/C46H52O8/c1-46(45(34-8-14-37(15-9-34)49-26-41-29-52-41)35-10-16-38(17-11-35)50-27-42-30-53-42)22-2-3-31(20-23-46)44(32-4-12-36(13-5-32)48-25-40-28-51-40)33-6-18-39(19-7-33)54-43-21-24-47-43/h4-19,31,40-45H,2-3,20-30H2,1H3. The van der Waals surface area contributed by atoms with Crippen molar-refractivity contribution in [2.45, 2.75) is 81.9 Å². The summed E-state index contributed by atoms with van der Waals surface area (Å²) < 4.78 is 45.8. The SMILES string of the molecule is CC1(C(c2ccc(OCC3CO3)cc2)c2ccc(OCC3CO3)cc2)CCCC(C(c2ccc(OCC3CO3)cc2)c2ccc(OC3CCO3)cc2)CC1. The third kappa shape index (κ3) is 8.89. The Morgan fingerprint density at radius 3 is 1.37 bits per heavy atom. The lowest BCUT2D eigenvalue weighted by Crippen LogP contribution is -2.32. The molecule has 5 fully saturated rings. The van der Waals surface area contributed by atoms with Crippen molar-refractivity contribution in [3.63, 3.8) is 0 Å². The Kier molecular flexibility index (Phi) is 10.5. The number of benzene rings is 4. The Bertz CT molecular complexity index is 1730. The first kappa shape index (κ1) is 35.6. The van der Waals surface area contributed by atoms with Gasteiger partial charge < -0.3 is 37.9 Å². The monoisotopic (exact) mass is 732 g/mol. The van der Waals surface area contributed by atoms with E-state index in [0.717, 1.165) is 88.0 Å². The first-order chi connectivity index (χ1) is 26.5. The molecule has 0 amide bonds. The second-order valence-electron chi connectivity index (χ2n) is 16.0. The summed E-state index contributed by atoms with van der Waals surface area (Å²) in [5, 5.41) is 0. The third-order valence-electron chi connectivity index (χ3n) is 11.9. The Morgan fingerprint density at radius 2 is 0.963 bits per heavy atom. The lowest BCUT2D eigenvalue weighted by Gasteiger charge is -2.39. The van der Waals surface area contributed by atoms with E-state index in [2.05, 4.69) is 104 Å². The third-order valence-corrected chi connectivity index (χ3v) is 11.9. The van der Waals surface area contributed by atoms with Crippen LogP contribution in [0.4, 0.5) is 0 Å². The van der Waals surface area contributed by atoms with Crippen LogP contribution >= 0.6 is 0 Å². The molecule has 1 aliphatic carbocycles. The van der Waals surface area contributed by atoms with Gasteiger partial charge in [0, 0.05) is 18.3 Å². The molecule has 5 aliphatic rings. The van der Waals surface area contributed by atoms with E-state index in [1.165, 1.54) is 22.3 Å². The van der Waals surface area contributed by atoms with Gasteiger partial charge in [-0.2, -0.15) is 0 Å². The van der Waals surface area contributed by atoms with Crippen molar-refractivity contribution in [2.75, 3.05) is 46.2 Å². The summed E-state index contributed by atoms with van der Waals surface area (Å²) in [5.41, 5.74) is 5.32. The largest absolute Gasteiger partial charge is 0.491 e. The summed E-state index contributed by atoms with van der Waals surface area (Å²) in [4.78, 5) is 0. The quantitative estimate of drug-likeness (QED) is 0.0788. The molecule has 8 nitrogen and oxygen atoms in total. The highest BCUT2D eigenvalue weighted by molar-refractivity contribution is 5.42. The molecule has 4 heterocycles. The number of hydrogen-bond donors (Lipinski definition) is 0. The van der Waals surface area contributed by atoms with Crippen LogP contribution in [0.25, 0.3) is 0 Å². The highest BCUT2D eigenvalue weighted by atomic mass is 16.7. The smallest absolute Gasteiger partial charge is 0.202 e. The van der Waals surface area contributed by atoms with E-state index < -0.39 is 0 Å². The average Bonchev–Trinajstić information content (AvgIpc) is 4.02. The summed E-state index contributed by atoms with van der Waals surface area (Å²) in [5.74, 6) is 4.47. The fourth-order valence-electron chi connectivity index (χ4n) is 8.47. The van der Waals surface area contributed by atoms with Crippen molar-refractivity contribution in [3.8, 4) is 23.0 Å². The van der Waals surface area contributed by atoms with E-state index in [1.807, 2.05) is 0 Å². The lowest BCUT2D eigenvalue weighted by atomic mass is 9.65. The molecule has 4 aromatic carbocycles. The zero-order chi connectivity index (χ0) is 36.3. The van der Waals surface area contributed by atoms with Gasteiger partial charge in [-0.25, -0.2) is 0 Å². The molecule has 0 bridgehead atoms. The molecular formula is C46H52O8. The molecule has 4 saturated heterocycles. The second kappa shape index (κ2) is 16.0. The van der Waals surface area contributed by atoms with Gasteiger partial charge in [-0.3, -0.25) is 0 Å². The van der Waals surface area contributed by atoms with Gasteiger partial charge in [-0.15, -0.1) is 0 Å². The van der Waals surface area contributed by atoms with Crippen LogP contribution in [0.2, 0.25) is 0 Å². The number of ether oxygens (including phenoxy) is 8. The summed E-state index contributed by atoms with van der Waals surface area (Å²) in [6.45, 7) is 7.47. The van der Waals surface area contributed by atoms with E-state index in [1.54, 1.807) is 0 Å². The maximum atomic E-state index is 6.05. The van der Waals surface area contributed by atoms with E-state index in [0.29, 0.717) is 25.7 Å². The van der Waals surface area contributed by atoms with E-state index in [9.17, 15) is 0 Å². The van der Waals surface area contributed by atoms with Crippen molar-refractivity contribution in [1.82, 2.24) is 0 Å². The van der Waals surface area contributed by atoms with Crippen LogP contribution < -0.4 is 18.9 Å². The Labute approximate surface area is 319 Å². The summed E-state index contributed by atoms with van der Waals surface area (Å²) in [6, 6.07) is 35.2. The highest BCUT2D eigenvalue weighted by Crippen LogP contribution is 2.53. The van der Waals surface area contributed by atoms with Gasteiger partial charge in [0.05, 0.1) is 26.4 Å². The van der Waals surface area contributed by atoms with E-state index in [-0.39, 0.29) is 41.9 Å². The number of epoxide rings is 3. The van der Waals surface area contributed by atoms with Crippen LogP contribution in [0.5, 0.6) is 23.0 Å². The summed E-state index contributed by atoms with van der Waals surface area (Å²) in [6.07, 6.45) is 7.18. The van der Waals surface area contributed by atoms with Crippen molar-refractivity contribution >= 4 is 0 Å². The minimum atomic E-state index is -0.130. The van der Waals surface area contributed by atoms with Crippen LogP contribution in [0.1, 0.15) is 79.5 Å². The highest BCUT2D eigenvalue weighted by Gasteiger charge is 2.40. The first-order valence-corrected chi connectivity index (χ1v) is 20.0. The van der Waals surface area contributed by atoms with E-state index >= 15 is 0 Å². The minimum absolute atomic E-state index is 0.0385. The molecule has 1 saturated carbocycles. The van der Waals surface area contributed by atoms with Gasteiger partial charge in [-0.05, 0) is 108 Å². The number of hydrogen-bond acceptors (Lipinski definition) is 8. The lowest BCUT2D eigenvalue weighted by molar-refractivity contribution is -0.165. The second-order valence-corrected chi connectivity index (χ2v) is 16.0. The summed E-state index contributed by atoms with van der Waals surface area (Å²) in [7, 11) is 0. The van der Waals surface area contributed by atoms with Gasteiger partial charge in [0.1, 0.15) is 61.1 Å². The Hall–Kier alpha value is -4.08. The maximum absolute atomic E-state index is 6.05. The van der Waals surface area contributed by atoms with Gasteiger partial charge in [0.15, 0.2) is 0 Å². The molecule has 7 atom stereocenters. The predicted octanol–water partition coefficient (Wildman–Crippen LogP) is 8.70. The van der Waals surface area contributed by atoms with Crippen molar-refractivity contribution < 1.29 is 37.9 Å². The average molecular weight is 733 g/mol. The fraction of sp³-hybridized carbons (Fsp3) is 0.478. The molecule has 0 spiro atoms. The molecule has 0 aromatic heterocycles. The van der Waals surface area contributed by atoms with Gasteiger partial charge in [0.25, 0.3) is 0 Å². The fourth-order valence-corrected chi connectivity index (χ4v) is 8.47. The molecule has 8 heteroatoms. The Morgan fingerprint density at radius 1 is 0.537 bits per heavy atom. The first-order valence-electron chi connectivity index (χ1n) is 20.0. The van der Waals surface area contributed by atoms with Gasteiger partial charge >= 0.3 is 0 Å². The predicted molar refractivity (Wildman–Crippen MR) is 205 cm³/mol. The van der Waals surface area contributed by atoms with Crippen LogP contribution in [0.3, 0.4) is 0 Å². The molecule has 7 unspecified atom stereocenters. The normalized spacial score (nSPS) is 28.1. The van der Waals surface area contributed by atoms with Crippen LogP contribution in [-0.2, 0) is 18.9 Å². The molecule has 4 aliphatic heterocycles. The van der Waals surface area contributed by atoms with Crippen LogP contribution in [0.15, 0.2) is 97.1 Å². The zero-order valence-electron chi connectivity index (χ0n) is 31.2. The number of rotatable bonds is 17. The van der Waals surface area contributed by atoms with Crippen LogP contribution in [-0.4, -0.2) is 70.9 Å². The van der Waals surface area contributed by atoms with Crippen LogP contribution in [0, 0.1) is 11.3 Å². The zero-order valence-corrected chi connectivity index (χ0v) is 31.2. The molecule has 9 rings (SSSR count). The molecule has 284 valence electrons. The van der Waals surface area contributed by atoms with Crippen molar-refractivity contribution in [1.29, 1.82) is 0 Å². The van der Waals surface area contributed by atoms with Gasteiger partial charge in [0.2, 0.25) is 6.29 Å². The van der Waals surface area contributed by atoms with Crippen molar-refractivity contribution in [3.05, 3.63) is 119 Å². The molecule has 4 aromatic rings. The topological polar surface area (TPSA) is 83.7 Å². The van der Waals surface area contributed by atoms with Crippen molar-refractivity contribution in [2.24, 2.45) is 11.3 Å². The maximum Gasteiger partial charge on any atom is 0.202 e. The molecule has 0 radical (unpaired) electrons. The molecule has 54 heavy (non-hydrogen) atoms. The minimum Gasteiger partial charge on any atom is -0.491 e. The molecule has 0 N–H and O–H groups in total.